The van der Waals surface area contributed by atoms with Crippen molar-refractivity contribution in [3.63, 3.8) is 0 Å². The predicted octanol–water partition coefficient (Wildman–Crippen LogP) is 1.54. The number of rotatable bonds is 2. The van der Waals surface area contributed by atoms with Crippen molar-refractivity contribution in [1.29, 1.82) is 0 Å². The second kappa shape index (κ2) is 7.36. The fraction of sp³-hybridized carbons (Fsp3) is 0.933. The summed E-state index contributed by atoms with van der Waals surface area (Å²) >= 11 is 0. The zero-order valence-corrected chi connectivity index (χ0v) is 12.4. The van der Waals surface area contributed by atoms with Crippen LogP contribution in [0.4, 0.5) is 0 Å². The van der Waals surface area contributed by atoms with E-state index in [4.69, 9.17) is 4.74 Å². The minimum absolute atomic E-state index is 0.209. The quantitative estimate of drug-likeness (QED) is 0.760. The molecule has 3 saturated heterocycles. The minimum Gasteiger partial charge on any atom is -0.381 e. The Hall–Kier alpha value is -0.450. The van der Waals surface area contributed by atoms with Crippen molar-refractivity contribution in [2.45, 2.75) is 50.6 Å². The molecule has 3 fully saturated rings. The van der Waals surface area contributed by atoms with Crippen molar-refractivity contribution in [2.24, 2.45) is 0 Å². The summed E-state index contributed by atoms with van der Waals surface area (Å²) in [7, 11) is 4.15. The van der Waals surface area contributed by atoms with Crippen molar-refractivity contribution in [3.8, 4) is 0 Å². The number of likely N-dealkylation sites (N-methyl/N-ethyl adjacent to an activating group) is 2. The van der Waals surface area contributed by atoms with Crippen molar-refractivity contribution < 1.29 is 9.53 Å². The SMILES string of the molecule is C1CCOC1.CN1CCCC1C(=O)C1CCCN1C. The van der Waals surface area contributed by atoms with Crippen LogP contribution in [0.5, 0.6) is 0 Å². The minimum atomic E-state index is 0.209. The van der Waals surface area contributed by atoms with Gasteiger partial charge >= 0.3 is 0 Å². The number of hydrogen-bond acceptors (Lipinski definition) is 4. The first kappa shape index (κ1) is 14.9. The van der Waals surface area contributed by atoms with Crippen LogP contribution in [0.15, 0.2) is 0 Å². The van der Waals surface area contributed by atoms with Crippen molar-refractivity contribution in [1.82, 2.24) is 9.80 Å². The predicted molar refractivity (Wildman–Crippen MR) is 76.4 cm³/mol. The third kappa shape index (κ3) is 4.01. The Bertz CT molecular complexity index is 262. The van der Waals surface area contributed by atoms with Gasteiger partial charge in [0.1, 0.15) is 0 Å². The molecule has 3 heterocycles. The molecule has 0 N–H and O–H groups in total. The standard InChI is InChI=1S/C11H20N2O.C4H8O/c1-12-7-3-5-9(12)11(14)10-6-4-8-13(10)2;1-2-4-5-3-1/h9-10H,3-8H2,1-2H3;1-4H2. The molecule has 2 atom stereocenters. The summed E-state index contributed by atoms with van der Waals surface area (Å²) in [4.78, 5) is 16.6. The van der Waals surface area contributed by atoms with Gasteiger partial charge in [0.15, 0.2) is 5.78 Å². The summed E-state index contributed by atoms with van der Waals surface area (Å²) in [5, 5.41) is 0. The average Bonchev–Trinajstić information content (AvgIpc) is 3.10. The van der Waals surface area contributed by atoms with Crippen LogP contribution in [-0.4, -0.2) is 68.1 Å². The van der Waals surface area contributed by atoms with Crippen LogP contribution in [0, 0.1) is 0 Å². The third-order valence-electron chi connectivity index (χ3n) is 4.53. The Morgan fingerprint density at radius 2 is 1.37 bits per heavy atom. The van der Waals surface area contributed by atoms with Crippen LogP contribution in [0.25, 0.3) is 0 Å². The monoisotopic (exact) mass is 268 g/mol. The number of ether oxygens (including phenoxy) is 1. The van der Waals surface area contributed by atoms with Gasteiger partial charge in [-0.1, -0.05) is 0 Å². The summed E-state index contributed by atoms with van der Waals surface area (Å²) in [6.07, 6.45) is 7.06. The molecule has 19 heavy (non-hydrogen) atoms. The molecule has 2 unspecified atom stereocenters. The highest BCUT2D eigenvalue weighted by atomic mass is 16.5. The van der Waals surface area contributed by atoms with Gasteiger partial charge in [0.25, 0.3) is 0 Å². The molecule has 0 radical (unpaired) electrons. The van der Waals surface area contributed by atoms with Gasteiger partial charge in [-0.15, -0.1) is 0 Å². The van der Waals surface area contributed by atoms with E-state index in [1.165, 1.54) is 25.7 Å². The Kier molecular flexibility index (Phi) is 5.79. The lowest BCUT2D eigenvalue weighted by Gasteiger charge is -2.25. The maximum Gasteiger partial charge on any atom is 0.166 e. The number of carbonyl (C=O) groups is 1. The molecule has 0 saturated carbocycles. The fourth-order valence-corrected chi connectivity index (χ4v) is 3.27. The van der Waals surface area contributed by atoms with Gasteiger partial charge in [-0.3, -0.25) is 14.6 Å². The summed E-state index contributed by atoms with van der Waals surface area (Å²) in [5.74, 6) is 0.463. The Labute approximate surface area is 117 Å². The number of hydrogen-bond donors (Lipinski definition) is 0. The molecular weight excluding hydrogens is 240 g/mol. The first-order valence-electron chi connectivity index (χ1n) is 7.72. The first-order valence-corrected chi connectivity index (χ1v) is 7.72. The second-order valence-electron chi connectivity index (χ2n) is 6.00. The van der Waals surface area contributed by atoms with Gasteiger partial charge in [0, 0.05) is 13.2 Å². The van der Waals surface area contributed by atoms with E-state index in [-0.39, 0.29) is 12.1 Å². The van der Waals surface area contributed by atoms with E-state index in [9.17, 15) is 4.79 Å². The van der Waals surface area contributed by atoms with Gasteiger partial charge in [0.2, 0.25) is 0 Å². The van der Waals surface area contributed by atoms with E-state index in [0.717, 1.165) is 39.1 Å². The number of likely N-dealkylation sites (tertiary alicyclic amines) is 2. The summed E-state index contributed by atoms with van der Waals surface area (Å²) in [6, 6.07) is 0.418. The fourth-order valence-electron chi connectivity index (χ4n) is 3.27. The van der Waals surface area contributed by atoms with E-state index < -0.39 is 0 Å². The van der Waals surface area contributed by atoms with Gasteiger partial charge in [-0.25, -0.2) is 0 Å². The molecular formula is C15H28N2O2. The molecule has 4 nitrogen and oxygen atoms in total. The highest BCUT2D eigenvalue weighted by Crippen LogP contribution is 2.23. The van der Waals surface area contributed by atoms with Crippen molar-refractivity contribution in [2.75, 3.05) is 40.4 Å². The molecule has 0 aromatic rings. The molecule has 0 bridgehead atoms. The molecule has 0 aliphatic carbocycles. The molecule has 4 heteroatoms. The first-order chi connectivity index (χ1) is 9.20. The van der Waals surface area contributed by atoms with Crippen molar-refractivity contribution in [3.05, 3.63) is 0 Å². The normalized spacial score (nSPS) is 32.3. The van der Waals surface area contributed by atoms with Gasteiger partial charge < -0.3 is 4.74 Å². The van der Waals surface area contributed by atoms with E-state index in [2.05, 4.69) is 23.9 Å². The Morgan fingerprint density at radius 3 is 1.63 bits per heavy atom. The molecule has 0 spiro atoms. The zero-order chi connectivity index (χ0) is 13.7. The number of ketones is 1. The van der Waals surface area contributed by atoms with Crippen LogP contribution in [0.2, 0.25) is 0 Å². The van der Waals surface area contributed by atoms with Crippen LogP contribution >= 0.6 is 0 Å². The lowest BCUT2D eigenvalue weighted by molar-refractivity contribution is -0.126. The second-order valence-corrected chi connectivity index (χ2v) is 6.00. The van der Waals surface area contributed by atoms with Crippen LogP contribution in [0.1, 0.15) is 38.5 Å². The maximum absolute atomic E-state index is 12.2. The Balaban J connectivity index is 0.000000224. The Morgan fingerprint density at radius 1 is 0.895 bits per heavy atom. The van der Waals surface area contributed by atoms with Crippen LogP contribution in [0.3, 0.4) is 0 Å². The largest absolute Gasteiger partial charge is 0.381 e. The molecule has 3 rings (SSSR count). The van der Waals surface area contributed by atoms with E-state index >= 15 is 0 Å². The number of nitrogens with zero attached hydrogens (tertiary/aromatic N) is 2. The van der Waals surface area contributed by atoms with Gasteiger partial charge in [0.05, 0.1) is 12.1 Å². The lowest BCUT2D eigenvalue weighted by atomic mass is 10.0. The van der Waals surface area contributed by atoms with Gasteiger partial charge in [-0.2, -0.15) is 0 Å². The average molecular weight is 268 g/mol. The summed E-state index contributed by atoms with van der Waals surface area (Å²) < 4.78 is 4.94. The number of carbonyl (C=O) groups excluding carboxylic acids is 1. The molecule has 0 aromatic heterocycles. The van der Waals surface area contributed by atoms with E-state index in [1.54, 1.807) is 0 Å². The topological polar surface area (TPSA) is 32.8 Å². The maximum atomic E-state index is 12.2. The molecule has 3 aliphatic heterocycles. The molecule has 0 amide bonds. The van der Waals surface area contributed by atoms with E-state index in [0.29, 0.717) is 5.78 Å². The van der Waals surface area contributed by atoms with E-state index in [1.807, 2.05) is 0 Å². The van der Waals surface area contributed by atoms with Crippen molar-refractivity contribution >= 4 is 5.78 Å². The molecule has 3 aliphatic rings. The van der Waals surface area contributed by atoms with Gasteiger partial charge in [-0.05, 0) is 65.7 Å². The highest BCUT2D eigenvalue weighted by molar-refractivity contribution is 5.89. The summed E-state index contributed by atoms with van der Waals surface area (Å²) in [5.41, 5.74) is 0. The molecule has 0 aromatic carbocycles. The molecule has 110 valence electrons. The lowest BCUT2D eigenvalue weighted by Crippen LogP contribution is -2.44. The highest BCUT2D eigenvalue weighted by Gasteiger charge is 2.36. The third-order valence-corrected chi connectivity index (χ3v) is 4.53. The summed E-state index contributed by atoms with van der Waals surface area (Å²) in [6.45, 7) is 4.18. The number of Topliss-reactive ketones (excluding diaryl/α,β-unsaturated/α-hetero) is 1. The smallest absolute Gasteiger partial charge is 0.166 e. The van der Waals surface area contributed by atoms with Crippen LogP contribution in [-0.2, 0) is 9.53 Å². The zero-order valence-electron chi connectivity index (χ0n) is 12.4. The van der Waals surface area contributed by atoms with Crippen LogP contribution < -0.4 is 0 Å².